The molecule has 0 saturated heterocycles. The molecular weight excluding hydrogens is 774 g/mol. The van der Waals surface area contributed by atoms with Crippen LogP contribution in [0.25, 0.3) is 0 Å². The van der Waals surface area contributed by atoms with Crippen molar-refractivity contribution in [3.63, 3.8) is 0 Å². The van der Waals surface area contributed by atoms with Crippen LogP contribution >= 0.6 is 7.82 Å². The Morgan fingerprint density at radius 1 is 0.450 bits per heavy atom. The van der Waals surface area contributed by atoms with Gasteiger partial charge in [-0.15, -0.1) is 0 Å². The van der Waals surface area contributed by atoms with E-state index in [0.29, 0.717) is 17.4 Å². The topological polar surface area (TPSA) is 108 Å². The summed E-state index contributed by atoms with van der Waals surface area (Å²) >= 11 is 0. The van der Waals surface area contributed by atoms with E-state index in [9.17, 15) is 19.0 Å². The Hall–Kier alpha value is -0.990. The Morgan fingerprint density at radius 3 is 1.07 bits per heavy atom. The molecule has 0 aliphatic carbocycles. The van der Waals surface area contributed by atoms with Gasteiger partial charge in [0.15, 0.2) is 6.10 Å². The van der Waals surface area contributed by atoms with Crippen molar-refractivity contribution in [1.82, 2.24) is 0 Å². The van der Waals surface area contributed by atoms with Crippen molar-refractivity contribution < 1.29 is 42.1 Å². The van der Waals surface area contributed by atoms with E-state index in [1.807, 2.05) is 21.1 Å². The summed E-state index contributed by atoms with van der Waals surface area (Å²) in [6.45, 7) is 4.49. The first-order chi connectivity index (χ1) is 29.0. The second kappa shape index (κ2) is 43.3. The van der Waals surface area contributed by atoms with Crippen molar-refractivity contribution in [2.45, 2.75) is 264 Å². The zero-order valence-electron chi connectivity index (χ0n) is 40.5. The SMILES string of the molecule is CCCCCCCCCCCCCCCCCCCCCC(=O)OC[C@H](COP(=O)(O)OCC[N+](C)(C)C)OC(=O)CCCCCCCCCCCCCCCCCCC. The van der Waals surface area contributed by atoms with Gasteiger partial charge in [0.05, 0.1) is 27.7 Å². The van der Waals surface area contributed by atoms with Crippen LogP contribution in [-0.4, -0.2) is 74.9 Å². The zero-order valence-corrected chi connectivity index (χ0v) is 41.4. The number of ether oxygens (including phenoxy) is 2. The summed E-state index contributed by atoms with van der Waals surface area (Å²) in [4.78, 5) is 35.5. The number of nitrogens with zero attached hydrogens (tertiary/aromatic N) is 1. The third kappa shape index (κ3) is 46.5. The highest BCUT2D eigenvalue weighted by molar-refractivity contribution is 7.47. The fraction of sp³-hybridized carbons (Fsp3) is 0.960. The molecule has 0 aromatic carbocycles. The number of hydrogen-bond donors (Lipinski definition) is 1. The molecule has 0 amide bonds. The summed E-state index contributed by atoms with van der Waals surface area (Å²) in [5.41, 5.74) is 0. The van der Waals surface area contributed by atoms with Crippen molar-refractivity contribution in [2.24, 2.45) is 0 Å². The van der Waals surface area contributed by atoms with Gasteiger partial charge < -0.3 is 18.9 Å². The van der Waals surface area contributed by atoms with Gasteiger partial charge in [-0.3, -0.25) is 18.6 Å². The number of quaternary nitrogens is 1. The maximum Gasteiger partial charge on any atom is 0.472 e. The number of phosphoric ester groups is 1. The van der Waals surface area contributed by atoms with Crippen molar-refractivity contribution >= 4 is 19.8 Å². The quantitative estimate of drug-likeness (QED) is 0.0279. The number of hydrogen-bond acceptors (Lipinski definition) is 7. The Balaban J connectivity index is 4.20. The van der Waals surface area contributed by atoms with E-state index in [1.165, 1.54) is 193 Å². The molecule has 0 aliphatic heterocycles. The van der Waals surface area contributed by atoms with E-state index < -0.39 is 26.5 Å². The highest BCUT2D eigenvalue weighted by atomic mass is 31.2. The first kappa shape index (κ1) is 59.0. The Morgan fingerprint density at radius 2 is 0.750 bits per heavy atom. The van der Waals surface area contributed by atoms with Crippen LogP contribution in [0.3, 0.4) is 0 Å². The lowest BCUT2D eigenvalue weighted by molar-refractivity contribution is -0.870. The molecule has 0 aromatic rings. The van der Waals surface area contributed by atoms with Gasteiger partial charge in [0.1, 0.15) is 19.8 Å². The number of unbranched alkanes of at least 4 members (excludes halogenated alkanes) is 34. The molecule has 0 heterocycles. The molecule has 0 rings (SSSR count). The van der Waals surface area contributed by atoms with Gasteiger partial charge in [0.2, 0.25) is 0 Å². The lowest BCUT2D eigenvalue weighted by Gasteiger charge is -2.24. The summed E-state index contributed by atoms with van der Waals surface area (Å²) in [6, 6.07) is 0. The molecule has 358 valence electrons. The maximum atomic E-state index is 12.7. The van der Waals surface area contributed by atoms with Gasteiger partial charge >= 0.3 is 19.8 Å². The summed E-state index contributed by atoms with van der Waals surface area (Å²) in [5, 5.41) is 0. The van der Waals surface area contributed by atoms with Crippen LogP contribution in [0.2, 0.25) is 0 Å². The van der Waals surface area contributed by atoms with Gasteiger partial charge in [0, 0.05) is 12.8 Å². The molecule has 2 atom stereocenters. The number of carbonyl (C=O) groups excluding carboxylic acids is 2. The first-order valence-corrected chi connectivity index (χ1v) is 27.3. The number of phosphoric acid groups is 1. The number of carbonyl (C=O) groups is 2. The minimum absolute atomic E-state index is 0.0372. The molecule has 0 radical (unpaired) electrons. The van der Waals surface area contributed by atoms with Crippen LogP contribution in [-0.2, 0) is 32.7 Å². The minimum Gasteiger partial charge on any atom is -0.462 e. The first-order valence-electron chi connectivity index (χ1n) is 25.8. The molecule has 1 unspecified atom stereocenters. The van der Waals surface area contributed by atoms with Gasteiger partial charge in [-0.2, -0.15) is 0 Å². The number of rotatable bonds is 48. The summed E-state index contributed by atoms with van der Waals surface area (Å²) in [5.74, 6) is -0.777. The Bertz CT molecular complexity index is 990. The van der Waals surface area contributed by atoms with Crippen LogP contribution in [0.4, 0.5) is 0 Å². The maximum absolute atomic E-state index is 12.7. The lowest BCUT2D eigenvalue weighted by atomic mass is 10.0. The van der Waals surface area contributed by atoms with E-state index in [0.717, 1.165) is 38.5 Å². The number of likely N-dealkylation sites (N-methyl/N-ethyl adjacent to an activating group) is 1. The molecule has 9 nitrogen and oxygen atoms in total. The third-order valence-electron chi connectivity index (χ3n) is 11.6. The molecule has 1 N–H and O–H groups in total. The van der Waals surface area contributed by atoms with Crippen LogP contribution in [0.5, 0.6) is 0 Å². The predicted molar refractivity (Wildman–Crippen MR) is 252 cm³/mol. The van der Waals surface area contributed by atoms with Crippen LogP contribution in [0, 0.1) is 0 Å². The van der Waals surface area contributed by atoms with E-state index in [2.05, 4.69) is 13.8 Å². The van der Waals surface area contributed by atoms with Crippen LogP contribution in [0.1, 0.15) is 258 Å². The standard InChI is InChI=1S/C50H100NO8P/c1-6-8-10-12-14-16-18-20-22-24-25-27-28-30-32-34-36-38-40-42-49(52)56-46-48(47-58-60(54,55)57-45-44-51(3,4)5)59-50(53)43-41-39-37-35-33-31-29-26-23-21-19-17-15-13-11-9-7-2/h48H,6-47H2,1-5H3/p+1/t48-/m1/s1. The second-order valence-electron chi connectivity index (χ2n) is 18.9. The van der Waals surface area contributed by atoms with E-state index in [4.69, 9.17) is 18.5 Å². The number of esters is 2. The van der Waals surface area contributed by atoms with Crippen molar-refractivity contribution in [3.8, 4) is 0 Å². The monoisotopic (exact) mass is 875 g/mol. The third-order valence-corrected chi connectivity index (χ3v) is 12.6. The van der Waals surface area contributed by atoms with E-state index >= 15 is 0 Å². The average Bonchev–Trinajstić information content (AvgIpc) is 3.20. The minimum atomic E-state index is -4.37. The highest BCUT2D eigenvalue weighted by Crippen LogP contribution is 2.43. The molecule has 0 saturated carbocycles. The molecule has 0 bridgehead atoms. The molecule has 0 fully saturated rings. The molecular formula is C50H101NO8P+. The Kier molecular flexibility index (Phi) is 42.6. The van der Waals surface area contributed by atoms with Gasteiger partial charge in [-0.1, -0.05) is 232 Å². The smallest absolute Gasteiger partial charge is 0.462 e. The fourth-order valence-electron chi connectivity index (χ4n) is 7.61. The zero-order chi connectivity index (χ0) is 44.3. The van der Waals surface area contributed by atoms with Crippen molar-refractivity contribution in [1.29, 1.82) is 0 Å². The summed E-state index contributed by atoms with van der Waals surface area (Å²) < 4.78 is 34.5. The molecule has 60 heavy (non-hydrogen) atoms. The van der Waals surface area contributed by atoms with Crippen LogP contribution < -0.4 is 0 Å². The lowest BCUT2D eigenvalue weighted by Crippen LogP contribution is -2.37. The van der Waals surface area contributed by atoms with Gasteiger partial charge in [-0.05, 0) is 12.8 Å². The van der Waals surface area contributed by atoms with E-state index in [1.54, 1.807) is 0 Å². The van der Waals surface area contributed by atoms with E-state index in [-0.39, 0.29) is 25.6 Å². The predicted octanol–water partition coefficient (Wildman–Crippen LogP) is 15.1. The van der Waals surface area contributed by atoms with Gasteiger partial charge in [-0.25, -0.2) is 4.57 Å². The Labute approximate surface area is 372 Å². The summed E-state index contributed by atoms with van der Waals surface area (Å²) in [6.07, 6.45) is 45.8. The molecule has 10 heteroatoms. The molecule has 0 aromatic heterocycles. The van der Waals surface area contributed by atoms with Gasteiger partial charge in [0.25, 0.3) is 0 Å². The largest absolute Gasteiger partial charge is 0.472 e. The summed E-state index contributed by atoms with van der Waals surface area (Å²) in [7, 11) is 1.50. The normalized spacial score (nSPS) is 13.4. The van der Waals surface area contributed by atoms with Crippen molar-refractivity contribution in [2.75, 3.05) is 47.5 Å². The highest BCUT2D eigenvalue weighted by Gasteiger charge is 2.27. The average molecular weight is 875 g/mol. The fourth-order valence-corrected chi connectivity index (χ4v) is 8.35. The molecule has 0 aliphatic rings. The van der Waals surface area contributed by atoms with Crippen LogP contribution in [0.15, 0.2) is 0 Å². The molecule has 0 spiro atoms. The van der Waals surface area contributed by atoms with Crippen molar-refractivity contribution in [3.05, 3.63) is 0 Å². The second-order valence-corrected chi connectivity index (χ2v) is 20.4.